The highest BCUT2D eigenvalue weighted by atomic mass is 16.1. The second-order valence-corrected chi connectivity index (χ2v) is 3.33. The van der Waals surface area contributed by atoms with Crippen LogP contribution in [-0.2, 0) is 4.79 Å². The Hall–Kier alpha value is -0.610. The Bertz CT molecular complexity index is 120. The molecule has 0 heterocycles. The molecular formula is C8H19N3O. The van der Waals surface area contributed by atoms with Crippen LogP contribution in [0.25, 0.3) is 0 Å². The van der Waals surface area contributed by atoms with Gasteiger partial charge in [0.15, 0.2) is 0 Å². The Morgan fingerprint density at radius 3 is 2.58 bits per heavy atom. The van der Waals surface area contributed by atoms with Crippen LogP contribution in [0.3, 0.4) is 0 Å². The van der Waals surface area contributed by atoms with E-state index in [1.165, 1.54) is 0 Å². The van der Waals surface area contributed by atoms with Crippen molar-refractivity contribution < 1.29 is 4.79 Å². The number of nitrogens with two attached hydrogens (primary N) is 1. The average Bonchev–Trinajstić information content (AvgIpc) is 1.96. The zero-order valence-corrected chi connectivity index (χ0v) is 8.13. The highest BCUT2D eigenvalue weighted by molar-refractivity contribution is 5.76. The predicted octanol–water partition coefficient (Wildman–Crippen LogP) is -0.598. The zero-order chi connectivity index (χ0) is 9.56. The largest absolute Gasteiger partial charge is 0.355 e. The summed E-state index contributed by atoms with van der Waals surface area (Å²) in [7, 11) is 3.89. The Labute approximate surface area is 74.1 Å². The molecule has 0 saturated carbocycles. The van der Waals surface area contributed by atoms with Gasteiger partial charge in [0.1, 0.15) is 0 Å². The predicted molar refractivity (Wildman–Crippen MR) is 49.8 cm³/mol. The van der Waals surface area contributed by atoms with Crippen LogP contribution in [0.2, 0.25) is 0 Å². The van der Waals surface area contributed by atoms with E-state index in [0.717, 1.165) is 6.54 Å². The molecule has 0 bridgehead atoms. The smallest absolute Gasteiger partial charge is 0.221 e. The molecule has 0 rings (SSSR count). The second-order valence-electron chi connectivity index (χ2n) is 3.33. The molecule has 0 aliphatic heterocycles. The van der Waals surface area contributed by atoms with Gasteiger partial charge in [-0.25, -0.2) is 0 Å². The molecule has 0 saturated heterocycles. The minimum Gasteiger partial charge on any atom is -0.355 e. The van der Waals surface area contributed by atoms with Gasteiger partial charge in [-0.2, -0.15) is 0 Å². The van der Waals surface area contributed by atoms with Crippen molar-refractivity contribution in [3.63, 3.8) is 0 Å². The van der Waals surface area contributed by atoms with Crippen LogP contribution < -0.4 is 11.1 Å². The number of carbonyl (C=O) groups is 1. The summed E-state index contributed by atoms with van der Waals surface area (Å²) in [6, 6.07) is 0.0355. The molecule has 0 aromatic carbocycles. The van der Waals surface area contributed by atoms with Crippen molar-refractivity contribution in [2.24, 2.45) is 5.73 Å². The van der Waals surface area contributed by atoms with E-state index in [1.807, 2.05) is 25.9 Å². The highest BCUT2D eigenvalue weighted by Gasteiger charge is 2.01. The first kappa shape index (κ1) is 11.4. The fourth-order valence-electron chi connectivity index (χ4n) is 0.688. The molecule has 4 heteroatoms. The maximum absolute atomic E-state index is 11.1. The van der Waals surface area contributed by atoms with E-state index in [4.69, 9.17) is 5.73 Å². The van der Waals surface area contributed by atoms with Gasteiger partial charge in [0.05, 0.1) is 0 Å². The first-order valence-corrected chi connectivity index (χ1v) is 4.19. The molecule has 0 aromatic rings. The van der Waals surface area contributed by atoms with Crippen molar-refractivity contribution in [3.8, 4) is 0 Å². The first-order chi connectivity index (χ1) is 5.52. The maximum Gasteiger partial charge on any atom is 0.221 e. The molecular weight excluding hydrogens is 154 g/mol. The summed E-state index contributed by atoms with van der Waals surface area (Å²) in [4.78, 5) is 13.0. The normalized spacial score (nSPS) is 13.1. The average molecular weight is 173 g/mol. The monoisotopic (exact) mass is 173 g/mol. The summed E-state index contributed by atoms with van der Waals surface area (Å²) < 4.78 is 0. The molecule has 4 nitrogen and oxygen atoms in total. The SMILES string of the molecule is CC(N)CNC(=O)CCN(C)C. The fourth-order valence-corrected chi connectivity index (χ4v) is 0.688. The van der Waals surface area contributed by atoms with E-state index in [1.54, 1.807) is 0 Å². The number of rotatable bonds is 5. The van der Waals surface area contributed by atoms with Crippen molar-refractivity contribution in [1.29, 1.82) is 0 Å². The molecule has 1 amide bonds. The Balaban J connectivity index is 3.34. The van der Waals surface area contributed by atoms with Crippen molar-refractivity contribution in [3.05, 3.63) is 0 Å². The maximum atomic E-state index is 11.1. The third-order valence-electron chi connectivity index (χ3n) is 1.41. The molecule has 0 fully saturated rings. The Kier molecular flexibility index (Phi) is 5.66. The standard InChI is InChI=1S/C8H19N3O/c1-7(9)6-10-8(12)4-5-11(2)3/h7H,4-6,9H2,1-3H3,(H,10,12). The van der Waals surface area contributed by atoms with Gasteiger partial charge in [0.2, 0.25) is 5.91 Å². The third kappa shape index (κ3) is 7.50. The third-order valence-corrected chi connectivity index (χ3v) is 1.41. The van der Waals surface area contributed by atoms with Crippen LogP contribution in [0.4, 0.5) is 0 Å². The molecule has 12 heavy (non-hydrogen) atoms. The number of amides is 1. The van der Waals surface area contributed by atoms with E-state index in [0.29, 0.717) is 13.0 Å². The van der Waals surface area contributed by atoms with E-state index in [9.17, 15) is 4.79 Å². The van der Waals surface area contributed by atoms with Crippen molar-refractivity contribution in [2.45, 2.75) is 19.4 Å². The van der Waals surface area contributed by atoms with Crippen LogP contribution in [-0.4, -0.2) is 44.0 Å². The number of hydrogen-bond acceptors (Lipinski definition) is 3. The molecule has 72 valence electrons. The van der Waals surface area contributed by atoms with E-state index in [-0.39, 0.29) is 11.9 Å². The summed E-state index contributed by atoms with van der Waals surface area (Å²) in [6.45, 7) is 3.21. The number of nitrogens with zero attached hydrogens (tertiary/aromatic N) is 1. The van der Waals surface area contributed by atoms with Gasteiger partial charge in [-0.3, -0.25) is 4.79 Å². The summed E-state index contributed by atoms with van der Waals surface area (Å²) >= 11 is 0. The summed E-state index contributed by atoms with van der Waals surface area (Å²) in [5, 5.41) is 2.75. The Morgan fingerprint density at radius 2 is 2.17 bits per heavy atom. The lowest BCUT2D eigenvalue weighted by molar-refractivity contribution is -0.121. The Morgan fingerprint density at radius 1 is 1.58 bits per heavy atom. The van der Waals surface area contributed by atoms with Gasteiger partial charge < -0.3 is 16.0 Å². The molecule has 0 spiro atoms. The quantitative estimate of drug-likeness (QED) is 0.584. The van der Waals surface area contributed by atoms with E-state index in [2.05, 4.69) is 5.32 Å². The minimum atomic E-state index is 0.0355. The summed E-state index contributed by atoms with van der Waals surface area (Å²) in [5.41, 5.74) is 5.47. The molecule has 1 unspecified atom stereocenters. The van der Waals surface area contributed by atoms with Gasteiger partial charge in [-0.1, -0.05) is 0 Å². The number of carbonyl (C=O) groups excluding carboxylic acids is 1. The number of hydrogen-bond donors (Lipinski definition) is 2. The van der Waals surface area contributed by atoms with Gasteiger partial charge >= 0.3 is 0 Å². The molecule has 0 radical (unpaired) electrons. The molecule has 3 N–H and O–H groups in total. The van der Waals surface area contributed by atoms with Crippen LogP contribution in [0, 0.1) is 0 Å². The lowest BCUT2D eigenvalue weighted by Gasteiger charge is -2.10. The number of nitrogens with one attached hydrogen (secondary N) is 1. The van der Waals surface area contributed by atoms with Crippen molar-refractivity contribution in [2.75, 3.05) is 27.2 Å². The van der Waals surface area contributed by atoms with Crippen LogP contribution >= 0.6 is 0 Å². The van der Waals surface area contributed by atoms with Gasteiger partial charge in [-0.05, 0) is 21.0 Å². The van der Waals surface area contributed by atoms with Crippen LogP contribution in [0.1, 0.15) is 13.3 Å². The lowest BCUT2D eigenvalue weighted by Crippen LogP contribution is -2.36. The van der Waals surface area contributed by atoms with Crippen molar-refractivity contribution in [1.82, 2.24) is 10.2 Å². The summed E-state index contributed by atoms with van der Waals surface area (Å²) in [5.74, 6) is 0.0704. The molecule has 0 aliphatic rings. The van der Waals surface area contributed by atoms with Gasteiger partial charge in [0.25, 0.3) is 0 Å². The van der Waals surface area contributed by atoms with Gasteiger partial charge in [0, 0.05) is 25.6 Å². The molecule has 0 aromatic heterocycles. The topological polar surface area (TPSA) is 58.4 Å². The first-order valence-electron chi connectivity index (χ1n) is 4.19. The van der Waals surface area contributed by atoms with Crippen LogP contribution in [0.5, 0.6) is 0 Å². The second kappa shape index (κ2) is 5.97. The minimum absolute atomic E-state index is 0.0355. The van der Waals surface area contributed by atoms with Crippen molar-refractivity contribution >= 4 is 5.91 Å². The fraction of sp³-hybridized carbons (Fsp3) is 0.875. The van der Waals surface area contributed by atoms with Crippen LogP contribution in [0.15, 0.2) is 0 Å². The van der Waals surface area contributed by atoms with Gasteiger partial charge in [-0.15, -0.1) is 0 Å². The lowest BCUT2D eigenvalue weighted by atomic mass is 10.3. The summed E-state index contributed by atoms with van der Waals surface area (Å²) in [6.07, 6.45) is 0.541. The van der Waals surface area contributed by atoms with E-state index >= 15 is 0 Å². The highest BCUT2D eigenvalue weighted by Crippen LogP contribution is 1.83. The molecule has 1 atom stereocenters. The zero-order valence-electron chi connectivity index (χ0n) is 8.13. The molecule has 0 aliphatic carbocycles. The van der Waals surface area contributed by atoms with E-state index < -0.39 is 0 Å².